The molecule has 6 heteroatoms. The molecule has 1 unspecified atom stereocenters. The summed E-state index contributed by atoms with van der Waals surface area (Å²) in [4.78, 5) is 23.0. The van der Waals surface area contributed by atoms with Gasteiger partial charge >= 0.3 is 5.97 Å². The van der Waals surface area contributed by atoms with Crippen molar-refractivity contribution in [3.05, 3.63) is 29.8 Å². The Kier molecular flexibility index (Phi) is 6.85. The van der Waals surface area contributed by atoms with E-state index >= 15 is 0 Å². The lowest BCUT2D eigenvalue weighted by molar-refractivity contribution is -0.139. The maximum absolute atomic E-state index is 12.1. The van der Waals surface area contributed by atoms with Crippen LogP contribution in [0.3, 0.4) is 0 Å². The average molecular weight is 309 g/mol. The molecule has 0 saturated heterocycles. The molecule has 6 nitrogen and oxygen atoms in total. The Morgan fingerprint density at radius 1 is 1.27 bits per heavy atom. The lowest BCUT2D eigenvalue weighted by Crippen LogP contribution is -2.51. The lowest BCUT2D eigenvalue weighted by Gasteiger charge is -2.28. The van der Waals surface area contributed by atoms with Crippen molar-refractivity contribution >= 4 is 11.9 Å². The van der Waals surface area contributed by atoms with E-state index in [2.05, 4.69) is 5.32 Å². The standard InChI is InChI=1S/C16H23NO5/c1-4-22-13-7-5-12(6-8-13)9-14(18)17-16(2,11-21-3)10-15(19)20/h5-8H,4,9-11H2,1-3H3,(H,17,18)(H,19,20). The zero-order valence-electron chi connectivity index (χ0n) is 13.2. The van der Waals surface area contributed by atoms with Gasteiger partial charge in [0.05, 0.1) is 31.6 Å². The van der Waals surface area contributed by atoms with Crippen molar-refractivity contribution in [3.63, 3.8) is 0 Å². The van der Waals surface area contributed by atoms with Crippen LogP contribution in [-0.4, -0.2) is 42.8 Å². The highest BCUT2D eigenvalue weighted by molar-refractivity contribution is 5.80. The maximum atomic E-state index is 12.1. The van der Waals surface area contributed by atoms with Gasteiger partial charge in [-0.05, 0) is 31.5 Å². The van der Waals surface area contributed by atoms with Gasteiger partial charge in [0.1, 0.15) is 5.75 Å². The number of nitrogens with one attached hydrogen (secondary N) is 1. The molecule has 0 aliphatic carbocycles. The molecular formula is C16H23NO5. The van der Waals surface area contributed by atoms with E-state index in [4.69, 9.17) is 14.6 Å². The fraction of sp³-hybridized carbons (Fsp3) is 0.500. The molecule has 0 heterocycles. The van der Waals surface area contributed by atoms with Gasteiger partial charge in [-0.2, -0.15) is 0 Å². The number of carboxylic acids is 1. The fourth-order valence-electron chi connectivity index (χ4n) is 2.22. The normalized spacial score (nSPS) is 13.2. The third-order valence-electron chi connectivity index (χ3n) is 3.04. The lowest BCUT2D eigenvalue weighted by atomic mass is 9.98. The van der Waals surface area contributed by atoms with E-state index in [1.807, 2.05) is 19.1 Å². The molecule has 0 radical (unpaired) electrons. The number of rotatable bonds is 9. The van der Waals surface area contributed by atoms with Gasteiger partial charge in [0.2, 0.25) is 5.91 Å². The van der Waals surface area contributed by atoms with Crippen molar-refractivity contribution in [3.8, 4) is 5.75 Å². The van der Waals surface area contributed by atoms with Crippen molar-refractivity contribution in [1.29, 1.82) is 0 Å². The first kappa shape index (κ1) is 18.0. The number of carboxylic acid groups (broad SMARTS) is 1. The SMILES string of the molecule is CCOc1ccc(CC(=O)NC(C)(COC)CC(=O)O)cc1. The van der Waals surface area contributed by atoms with E-state index in [9.17, 15) is 9.59 Å². The average Bonchev–Trinajstić information content (AvgIpc) is 2.40. The molecule has 0 saturated carbocycles. The number of methoxy groups -OCH3 is 1. The Hall–Kier alpha value is -2.08. The van der Waals surface area contributed by atoms with Gasteiger partial charge in [0, 0.05) is 7.11 Å². The molecule has 0 bridgehead atoms. The number of hydrogen-bond donors (Lipinski definition) is 2. The molecular weight excluding hydrogens is 286 g/mol. The maximum Gasteiger partial charge on any atom is 0.305 e. The second-order valence-corrected chi connectivity index (χ2v) is 5.37. The first-order valence-corrected chi connectivity index (χ1v) is 7.12. The molecule has 0 spiro atoms. The highest BCUT2D eigenvalue weighted by atomic mass is 16.5. The van der Waals surface area contributed by atoms with Crippen molar-refractivity contribution in [2.45, 2.75) is 32.2 Å². The molecule has 22 heavy (non-hydrogen) atoms. The molecule has 122 valence electrons. The van der Waals surface area contributed by atoms with Gasteiger partial charge in [0.25, 0.3) is 0 Å². The summed E-state index contributed by atoms with van der Waals surface area (Å²) >= 11 is 0. The highest BCUT2D eigenvalue weighted by Crippen LogP contribution is 2.14. The zero-order valence-corrected chi connectivity index (χ0v) is 13.2. The minimum Gasteiger partial charge on any atom is -0.494 e. The zero-order chi connectivity index (χ0) is 16.6. The number of hydrogen-bond acceptors (Lipinski definition) is 4. The second kappa shape index (κ2) is 8.38. The Labute approximate surface area is 130 Å². The van der Waals surface area contributed by atoms with Crippen molar-refractivity contribution in [2.75, 3.05) is 20.3 Å². The van der Waals surface area contributed by atoms with Crippen molar-refractivity contribution in [1.82, 2.24) is 5.32 Å². The Bertz CT molecular complexity index is 500. The van der Waals surface area contributed by atoms with Crippen LogP contribution in [0.1, 0.15) is 25.8 Å². The van der Waals surface area contributed by atoms with Crippen LogP contribution in [0.2, 0.25) is 0 Å². The summed E-state index contributed by atoms with van der Waals surface area (Å²) in [6, 6.07) is 7.24. The van der Waals surface area contributed by atoms with E-state index in [0.717, 1.165) is 11.3 Å². The minimum atomic E-state index is -0.985. The number of carbonyl (C=O) groups excluding carboxylic acids is 1. The Morgan fingerprint density at radius 2 is 1.91 bits per heavy atom. The predicted molar refractivity (Wildman–Crippen MR) is 82.0 cm³/mol. The van der Waals surface area contributed by atoms with Crippen LogP contribution < -0.4 is 10.1 Å². The van der Waals surface area contributed by atoms with Crippen molar-refractivity contribution in [2.24, 2.45) is 0 Å². The quantitative estimate of drug-likeness (QED) is 0.724. The smallest absolute Gasteiger partial charge is 0.305 e. The van der Waals surface area contributed by atoms with Gasteiger partial charge in [-0.15, -0.1) is 0 Å². The molecule has 1 atom stereocenters. The molecule has 0 fully saturated rings. The van der Waals surface area contributed by atoms with Gasteiger partial charge in [-0.25, -0.2) is 0 Å². The van der Waals surface area contributed by atoms with E-state index < -0.39 is 11.5 Å². The Balaban J connectivity index is 2.64. The Morgan fingerprint density at radius 3 is 2.41 bits per heavy atom. The van der Waals surface area contributed by atoms with Gasteiger partial charge in [-0.1, -0.05) is 12.1 Å². The van der Waals surface area contributed by atoms with Crippen LogP contribution in [0.4, 0.5) is 0 Å². The summed E-state index contributed by atoms with van der Waals surface area (Å²) in [6.45, 7) is 4.28. The summed E-state index contributed by atoms with van der Waals surface area (Å²) in [5.41, 5.74) is -0.0980. The molecule has 1 rings (SSSR count). The van der Waals surface area contributed by atoms with Crippen LogP contribution in [0.5, 0.6) is 5.75 Å². The third kappa shape index (κ3) is 6.13. The summed E-state index contributed by atoms with van der Waals surface area (Å²) in [5, 5.41) is 11.7. The van der Waals surface area contributed by atoms with Crippen molar-refractivity contribution < 1.29 is 24.2 Å². The summed E-state index contributed by atoms with van der Waals surface area (Å²) < 4.78 is 10.3. The van der Waals surface area contributed by atoms with Gasteiger partial charge < -0.3 is 19.9 Å². The second-order valence-electron chi connectivity index (χ2n) is 5.37. The van der Waals surface area contributed by atoms with Crippen LogP contribution >= 0.6 is 0 Å². The molecule has 0 aliphatic rings. The first-order chi connectivity index (χ1) is 10.4. The number of carbonyl (C=O) groups is 2. The molecule has 1 aromatic carbocycles. The number of aliphatic carboxylic acids is 1. The van der Waals surface area contributed by atoms with Gasteiger partial charge in [-0.3, -0.25) is 9.59 Å². The number of benzene rings is 1. The molecule has 1 aromatic rings. The molecule has 0 aliphatic heterocycles. The van der Waals surface area contributed by atoms with Crippen LogP contribution in [-0.2, 0) is 20.7 Å². The molecule has 0 aromatic heterocycles. The van der Waals surface area contributed by atoms with Crippen LogP contribution in [0.15, 0.2) is 24.3 Å². The monoisotopic (exact) mass is 309 g/mol. The van der Waals surface area contributed by atoms with E-state index in [-0.39, 0.29) is 25.4 Å². The van der Waals surface area contributed by atoms with Gasteiger partial charge in [0.15, 0.2) is 0 Å². The molecule has 2 N–H and O–H groups in total. The van der Waals surface area contributed by atoms with E-state index in [1.165, 1.54) is 7.11 Å². The largest absolute Gasteiger partial charge is 0.494 e. The summed E-state index contributed by atoms with van der Waals surface area (Å²) in [5.74, 6) is -0.479. The van der Waals surface area contributed by atoms with Crippen LogP contribution in [0.25, 0.3) is 0 Å². The number of ether oxygens (including phenoxy) is 2. The van der Waals surface area contributed by atoms with E-state index in [1.54, 1.807) is 19.1 Å². The topological polar surface area (TPSA) is 84.9 Å². The fourth-order valence-corrected chi connectivity index (χ4v) is 2.22. The summed E-state index contributed by atoms with van der Waals surface area (Å²) in [6.07, 6.45) is -0.0266. The van der Waals surface area contributed by atoms with Crippen LogP contribution in [0, 0.1) is 0 Å². The minimum absolute atomic E-state index is 0.133. The third-order valence-corrected chi connectivity index (χ3v) is 3.04. The highest BCUT2D eigenvalue weighted by Gasteiger charge is 2.29. The summed E-state index contributed by atoms with van der Waals surface area (Å²) in [7, 11) is 1.47. The predicted octanol–water partition coefficient (Wildman–Crippen LogP) is 1.62. The van der Waals surface area contributed by atoms with E-state index in [0.29, 0.717) is 6.61 Å². The molecule has 1 amide bonds. The number of amides is 1. The first-order valence-electron chi connectivity index (χ1n) is 7.12.